The number of hydrogen-bond acceptors (Lipinski definition) is 11. The van der Waals surface area contributed by atoms with Crippen molar-refractivity contribution in [1.82, 2.24) is 10.6 Å². The molecule has 35 heavy (non-hydrogen) atoms. The van der Waals surface area contributed by atoms with E-state index in [0.717, 1.165) is 11.8 Å². The Morgan fingerprint density at radius 3 is 2.20 bits per heavy atom. The number of carbonyl (C=O) groups excluding carboxylic acids is 5. The lowest BCUT2D eigenvalue weighted by atomic mass is 10.1. The van der Waals surface area contributed by atoms with Gasteiger partial charge in [-0.2, -0.15) is 0 Å². The lowest BCUT2D eigenvalue weighted by Crippen LogP contribution is -2.50. The van der Waals surface area contributed by atoms with Gasteiger partial charge in [-0.05, 0) is 26.7 Å². The molecule has 0 spiro atoms. The van der Waals surface area contributed by atoms with E-state index in [0.29, 0.717) is 6.42 Å². The maximum absolute atomic E-state index is 12.7. The van der Waals surface area contributed by atoms with Gasteiger partial charge in [-0.15, -0.1) is 11.8 Å². The first kappa shape index (κ1) is 32.1. The monoisotopic (exact) mass is 521 g/mol. The number of carbonyl (C=O) groups is 6. The standard InChI is InChI=1S/C21H35N3O10S/c1-4-9-34-18(27)11-23-19(28)14(24-16(25)8-7-13(22)20(29)30)12-35-15(21(31)33-6-3)10-17(26)32-5-2/h13-15H,4-12,22H2,1-3H3,(H,23,28)(H,24,25)(H,29,30). The third-order valence-electron chi connectivity index (χ3n) is 4.20. The molecule has 0 rings (SSSR count). The highest BCUT2D eigenvalue weighted by Gasteiger charge is 2.29. The van der Waals surface area contributed by atoms with E-state index in [9.17, 15) is 28.8 Å². The van der Waals surface area contributed by atoms with Crippen LogP contribution in [0.1, 0.15) is 46.5 Å². The molecule has 5 N–H and O–H groups in total. The summed E-state index contributed by atoms with van der Waals surface area (Å²) in [5.74, 6) is -4.82. The fourth-order valence-electron chi connectivity index (χ4n) is 2.44. The molecule has 0 aliphatic rings. The van der Waals surface area contributed by atoms with Crippen LogP contribution in [0.5, 0.6) is 0 Å². The number of esters is 3. The molecule has 0 aromatic rings. The van der Waals surface area contributed by atoms with Crippen molar-refractivity contribution in [3.05, 3.63) is 0 Å². The number of rotatable bonds is 18. The van der Waals surface area contributed by atoms with E-state index in [-0.39, 0.29) is 44.8 Å². The molecule has 200 valence electrons. The molecule has 0 radical (unpaired) electrons. The molecular weight excluding hydrogens is 486 g/mol. The van der Waals surface area contributed by atoms with E-state index in [2.05, 4.69) is 10.6 Å². The van der Waals surface area contributed by atoms with Gasteiger partial charge in [0.1, 0.15) is 23.9 Å². The molecule has 13 nitrogen and oxygen atoms in total. The molecule has 0 aromatic heterocycles. The van der Waals surface area contributed by atoms with E-state index in [4.69, 9.17) is 25.1 Å². The maximum atomic E-state index is 12.7. The van der Waals surface area contributed by atoms with Crippen molar-refractivity contribution in [2.24, 2.45) is 5.73 Å². The van der Waals surface area contributed by atoms with Crippen LogP contribution in [0.2, 0.25) is 0 Å². The van der Waals surface area contributed by atoms with Crippen molar-refractivity contribution < 1.29 is 48.1 Å². The van der Waals surface area contributed by atoms with Crippen molar-refractivity contribution in [3.8, 4) is 0 Å². The second-order valence-corrected chi connectivity index (χ2v) is 8.36. The summed E-state index contributed by atoms with van der Waals surface area (Å²) in [7, 11) is 0. The summed E-state index contributed by atoms with van der Waals surface area (Å²) in [6, 6.07) is -2.47. The van der Waals surface area contributed by atoms with E-state index < -0.39 is 59.6 Å². The molecule has 2 amide bonds. The number of thioether (sulfide) groups is 1. The Bertz CT molecular complexity index is 734. The molecule has 14 heteroatoms. The Balaban J connectivity index is 5.31. The van der Waals surface area contributed by atoms with Crippen LogP contribution in [-0.2, 0) is 43.0 Å². The summed E-state index contributed by atoms with van der Waals surface area (Å²) in [5.41, 5.74) is 5.40. The van der Waals surface area contributed by atoms with Gasteiger partial charge in [-0.3, -0.25) is 28.8 Å². The average Bonchev–Trinajstić information content (AvgIpc) is 2.81. The third-order valence-corrected chi connectivity index (χ3v) is 5.48. The minimum atomic E-state index is -1.27. The highest BCUT2D eigenvalue weighted by molar-refractivity contribution is 8.00. The number of amides is 2. The number of carboxylic acid groups (broad SMARTS) is 1. The van der Waals surface area contributed by atoms with Gasteiger partial charge < -0.3 is 35.7 Å². The largest absolute Gasteiger partial charge is 0.480 e. The number of carboxylic acids is 1. The average molecular weight is 522 g/mol. The molecule has 3 unspecified atom stereocenters. The van der Waals surface area contributed by atoms with Crippen LogP contribution in [0.25, 0.3) is 0 Å². The number of aliphatic carboxylic acids is 1. The van der Waals surface area contributed by atoms with E-state index in [1.807, 2.05) is 0 Å². The van der Waals surface area contributed by atoms with Crippen LogP contribution in [0.3, 0.4) is 0 Å². The fourth-order valence-corrected chi connectivity index (χ4v) is 3.56. The first-order valence-corrected chi connectivity index (χ1v) is 12.2. The molecule has 3 atom stereocenters. The Morgan fingerprint density at radius 2 is 1.63 bits per heavy atom. The second-order valence-electron chi connectivity index (χ2n) is 7.12. The summed E-state index contributed by atoms with van der Waals surface area (Å²) in [6.45, 7) is 4.95. The maximum Gasteiger partial charge on any atom is 0.325 e. The SMILES string of the molecule is CCCOC(=O)CNC(=O)C(CSC(CC(=O)OCC)C(=O)OCC)NC(=O)CCC(N)C(=O)O. The summed E-state index contributed by atoms with van der Waals surface area (Å²) in [4.78, 5) is 71.7. The summed E-state index contributed by atoms with van der Waals surface area (Å²) < 4.78 is 14.7. The predicted octanol–water partition coefficient (Wildman–Crippen LogP) is -0.649. The molecule has 0 aliphatic heterocycles. The van der Waals surface area contributed by atoms with Crippen LogP contribution in [0.15, 0.2) is 0 Å². The highest BCUT2D eigenvalue weighted by atomic mass is 32.2. The van der Waals surface area contributed by atoms with Crippen molar-refractivity contribution in [3.63, 3.8) is 0 Å². The van der Waals surface area contributed by atoms with Gasteiger partial charge in [0.15, 0.2) is 0 Å². The lowest BCUT2D eigenvalue weighted by molar-refractivity contribution is -0.149. The van der Waals surface area contributed by atoms with Crippen LogP contribution in [-0.4, -0.2) is 90.2 Å². The molecule has 0 aromatic carbocycles. The minimum absolute atomic E-state index is 0.0725. The fraction of sp³-hybridized carbons (Fsp3) is 0.714. The van der Waals surface area contributed by atoms with Gasteiger partial charge in [0.25, 0.3) is 0 Å². The normalized spacial score (nSPS) is 13.0. The number of nitrogens with two attached hydrogens (primary N) is 1. The minimum Gasteiger partial charge on any atom is -0.480 e. The Labute approximate surface area is 208 Å². The predicted molar refractivity (Wildman–Crippen MR) is 125 cm³/mol. The Kier molecular flexibility index (Phi) is 16.9. The number of ether oxygens (including phenoxy) is 3. The summed E-state index contributed by atoms with van der Waals surface area (Å²) >= 11 is 0.894. The zero-order valence-corrected chi connectivity index (χ0v) is 21.0. The zero-order chi connectivity index (χ0) is 26.8. The quantitative estimate of drug-likeness (QED) is 0.131. The Hall–Kier alpha value is -2.87. The first-order chi connectivity index (χ1) is 16.5. The van der Waals surface area contributed by atoms with Crippen molar-refractivity contribution in [2.45, 2.75) is 63.8 Å². The van der Waals surface area contributed by atoms with Crippen LogP contribution < -0.4 is 16.4 Å². The number of hydrogen-bond donors (Lipinski definition) is 4. The molecule has 0 aliphatic carbocycles. The van der Waals surface area contributed by atoms with Gasteiger partial charge >= 0.3 is 23.9 Å². The molecular formula is C21H35N3O10S. The second kappa shape index (κ2) is 18.5. The van der Waals surface area contributed by atoms with E-state index in [1.165, 1.54) is 0 Å². The van der Waals surface area contributed by atoms with Crippen LogP contribution in [0.4, 0.5) is 0 Å². The highest BCUT2D eigenvalue weighted by Crippen LogP contribution is 2.19. The molecule has 0 bridgehead atoms. The van der Waals surface area contributed by atoms with Gasteiger partial charge in [0.2, 0.25) is 11.8 Å². The summed E-state index contributed by atoms with van der Waals surface area (Å²) in [5, 5.41) is 12.6. The van der Waals surface area contributed by atoms with Crippen LogP contribution >= 0.6 is 11.8 Å². The van der Waals surface area contributed by atoms with Gasteiger partial charge in [0.05, 0.1) is 26.2 Å². The van der Waals surface area contributed by atoms with Crippen molar-refractivity contribution >= 4 is 47.5 Å². The lowest BCUT2D eigenvalue weighted by Gasteiger charge is -2.21. The van der Waals surface area contributed by atoms with E-state index >= 15 is 0 Å². The zero-order valence-electron chi connectivity index (χ0n) is 20.2. The molecule has 0 fully saturated rings. The first-order valence-electron chi connectivity index (χ1n) is 11.2. The third kappa shape index (κ3) is 14.9. The van der Waals surface area contributed by atoms with Gasteiger partial charge in [-0.1, -0.05) is 6.92 Å². The summed E-state index contributed by atoms with van der Waals surface area (Å²) in [6.07, 6.45) is -0.148. The van der Waals surface area contributed by atoms with Crippen LogP contribution in [0, 0.1) is 0 Å². The van der Waals surface area contributed by atoms with Crippen molar-refractivity contribution in [1.29, 1.82) is 0 Å². The molecule has 0 heterocycles. The number of nitrogens with one attached hydrogen (secondary N) is 2. The Morgan fingerprint density at radius 1 is 0.971 bits per heavy atom. The topological polar surface area (TPSA) is 200 Å². The smallest absolute Gasteiger partial charge is 0.325 e. The van der Waals surface area contributed by atoms with Gasteiger partial charge in [-0.25, -0.2) is 0 Å². The van der Waals surface area contributed by atoms with E-state index in [1.54, 1.807) is 20.8 Å². The molecule has 0 saturated heterocycles. The van der Waals surface area contributed by atoms with Gasteiger partial charge in [0, 0.05) is 12.2 Å². The molecule has 0 saturated carbocycles. The van der Waals surface area contributed by atoms with Crippen molar-refractivity contribution in [2.75, 3.05) is 32.1 Å².